The van der Waals surface area contributed by atoms with Crippen LogP contribution in [0.1, 0.15) is 47.0 Å². The molecule has 2 heteroatoms. The van der Waals surface area contributed by atoms with E-state index in [1.165, 1.54) is 0 Å². The Balaban J connectivity index is 4.44. The summed E-state index contributed by atoms with van der Waals surface area (Å²) in [6.45, 7) is 8.46. The summed E-state index contributed by atoms with van der Waals surface area (Å²) in [6, 6.07) is 0. The minimum Gasteiger partial charge on any atom is -0.368 e. The van der Waals surface area contributed by atoms with Crippen molar-refractivity contribution >= 4 is 5.78 Å². The first-order valence-corrected chi connectivity index (χ1v) is 4.84. The topological polar surface area (TPSA) is 26.3 Å². The molecule has 0 saturated carbocycles. The number of carbonyl (C=O) groups is 1. The maximum Gasteiger partial charge on any atom is 0.164 e. The Morgan fingerprint density at radius 3 is 1.92 bits per heavy atom. The third kappa shape index (κ3) is 2.31. The van der Waals surface area contributed by atoms with E-state index >= 15 is 0 Å². The molecule has 0 aliphatic carbocycles. The lowest BCUT2D eigenvalue weighted by molar-refractivity contribution is -0.145. The lowest BCUT2D eigenvalue weighted by Gasteiger charge is -2.29. The molecule has 0 aromatic carbocycles. The molecule has 0 rings (SSSR count). The van der Waals surface area contributed by atoms with Crippen molar-refractivity contribution in [3.05, 3.63) is 0 Å². The van der Waals surface area contributed by atoms with Gasteiger partial charge in [-0.3, -0.25) is 4.79 Å². The van der Waals surface area contributed by atoms with Crippen LogP contribution < -0.4 is 0 Å². The van der Waals surface area contributed by atoms with Crippen LogP contribution in [-0.4, -0.2) is 18.0 Å². The van der Waals surface area contributed by atoms with Gasteiger partial charge in [0.1, 0.15) is 5.60 Å². The Morgan fingerprint density at radius 1 is 1.17 bits per heavy atom. The molecule has 0 aliphatic heterocycles. The lowest BCUT2D eigenvalue weighted by atomic mass is 9.90. The van der Waals surface area contributed by atoms with Crippen LogP contribution in [0, 0.1) is 0 Å². The fourth-order valence-electron chi connectivity index (χ4n) is 1.53. The monoisotopic (exact) mass is 172 g/mol. The highest BCUT2D eigenvalue weighted by molar-refractivity contribution is 5.86. The van der Waals surface area contributed by atoms with Crippen molar-refractivity contribution < 1.29 is 9.53 Å². The minimum absolute atomic E-state index is 0.231. The number of carbonyl (C=O) groups excluding carboxylic acids is 1. The first kappa shape index (κ1) is 11.6. The van der Waals surface area contributed by atoms with Crippen LogP contribution in [0.3, 0.4) is 0 Å². The molecule has 0 bridgehead atoms. The average molecular weight is 172 g/mol. The summed E-state index contributed by atoms with van der Waals surface area (Å²) in [5.74, 6) is 0.231. The van der Waals surface area contributed by atoms with E-state index in [2.05, 4.69) is 0 Å². The van der Waals surface area contributed by atoms with Crippen LogP contribution in [0.25, 0.3) is 0 Å². The van der Waals surface area contributed by atoms with Crippen LogP contribution in [0.5, 0.6) is 0 Å². The van der Waals surface area contributed by atoms with E-state index in [0.29, 0.717) is 13.0 Å². The van der Waals surface area contributed by atoms with E-state index in [9.17, 15) is 4.79 Å². The van der Waals surface area contributed by atoms with Crippen molar-refractivity contribution in [2.75, 3.05) is 6.61 Å². The van der Waals surface area contributed by atoms with Gasteiger partial charge in [-0.15, -0.1) is 0 Å². The summed E-state index contributed by atoms with van der Waals surface area (Å²) in [4.78, 5) is 11.6. The van der Waals surface area contributed by atoms with Gasteiger partial charge in [0.05, 0.1) is 0 Å². The predicted octanol–water partition coefficient (Wildman–Crippen LogP) is 2.56. The van der Waals surface area contributed by atoms with Gasteiger partial charge in [-0.2, -0.15) is 0 Å². The first-order valence-electron chi connectivity index (χ1n) is 4.84. The first-order chi connectivity index (χ1) is 5.66. The quantitative estimate of drug-likeness (QED) is 0.615. The van der Waals surface area contributed by atoms with Crippen LogP contribution in [0.15, 0.2) is 0 Å². The van der Waals surface area contributed by atoms with E-state index in [0.717, 1.165) is 12.8 Å². The van der Waals surface area contributed by atoms with Gasteiger partial charge < -0.3 is 4.74 Å². The number of rotatable bonds is 6. The van der Waals surface area contributed by atoms with Gasteiger partial charge in [0.15, 0.2) is 5.78 Å². The molecule has 12 heavy (non-hydrogen) atoms. The highest BCUT2D eigenvalue weighted by Gasteiger charge is 2.33. The molecule has 0 saturated heterocycles. The molecule has 0 heterocycles. The number of ketones is 1. The van der Waals surface area contributed by atoms with Crippen LogP contribution in [0.2, 0.25) is 0 Å². The van der Waals surface area contributed by atoms with Crippen molar-refractivity contribution in [3.63, 3.8) is 0 Å². The zero-order chi connectivity index (χ0) is 9.61. The third-order valence-corrected chi connectivity index (χ3v) is 2.39. The van der Waals surface area contributed by atoms with Crippen molar-refractivity contribution in [1.82, 2.24) is 0 Å². The summed E-state index contributed by atoms with van der Waals surface area (Å²) in [6.07, 6.45) is 2.13. The molecule has 0 unspecified atom stereocenters. The molecule has 0 aromatic rings. The van der Waals surface area contributed by atoms with E-state index in [-0.39, 0.29) is 5.78 Å². The largest absolute Gasteiger partial charge is 0.368 e. The molecule has 2 nitrogen and oxygen atoms in total. The van der Waals surface area contributed by atoms with Crippen molar-refractivity contribution in [3.8, 4) is 0 Å². The zero-order valence-corrected chi connectivity index (χ0v) is 8.64. The second-order valence-corrected chi connectivity index (χ2v) is 2.91. The van der Waals surface area contributed by atoms with Crippen molar-refractivity contribution in [2.24, 2.45) is 0 Å². The van der Waals surface area contributed by atoms with Crippen LogP contribution in [-0.2, 0) is 9.53 Å². The molecular weight excluding hydrogens is 152 g/mol. The number of hydrogen-bond donors (Lipinski definition) is 0. The maximum atomic E-state index is 11.6. The fraction of sp³-hybridized carbons (Fsp3) is 0.900. The summed E-state index contributed by atoms with van der Waals surface area (Å²) >= 11 is 0. The molecule has 0 spiro atoms. The molecule has 0 atom stereocenters. The summed E-state index contributed by atoms with van der Waals surface area (Å²) in [5.41, 5.74) is -0.497. The Hall–Kier alpha value is -0.370. The number of hydrogen-bond acceptors (Lipinski definition) is 2. The normalized spacial score (nSPS) is 11.7. The molecule has 0 N–H and O–H groups in total. The third-order valence-electron chi connectivity index (χ3n) is 2.39. The Labute approximate surface area is 75.3 Å². The molecule has 0 amide bonds. The van der Waals surface area contributed by atoms with Crippen molar-refractivity contribution in [1.29, 1.82) is 0 Å². The summed E-state index contributed by atoms with van der Waals surface area (Å²) < 4.78 is 5.53. The standard InChI is InChI=1S/C10H20O2/c1-5-9(11)10(6-2,7-3)12-8-4/h5-8H2,1-4H3. The zero-order valence-electron chi connectivity index (χ0n) is 8.64. The van der Waals surface area contributed by atoms with E-state index in [1.807, 2.05) is 27.7 Å². The van der Waals surface area contributed by atoms with Gasteiger partial charge in [0.2, 0.25) is 0 Å². The van der Waals surface area contributed by atoms with Gasteiger partial charge in [-0.1, -0.05) is 20.8 Å². The smallest absolute Gasteiger partial charge is 0.164 e. The van der Waals surface area contributed by atoms with E-state index in [4.69, 9.17) is 4.74 Å². The number of Topliss-reactive ketones (excluding diaryl/α,β-unsaturated/α-hetero) is 1. The molecule has 0 fully saturated rings. The van der Waals surface area contributed by atoms with Gasteiger partial charge in [-0.25, -0.2) is 0 Å². The number of ether oxygens (including phenoxy) is 1. The molecule has 0 radical (unpaired) electrons. The molecule has 0 aromatic heterocycles. The SMILES string of the molecule is CCOC(CC)(CC)C(=O)CC. The van der Waals surface area contributed by atoms with Gasteiger partial charge in [0, 0.05) is 13.0 Å². The van der Waals surface area contributed by atoms with E-state index in [1.54, 1.807) is 0 Å². The van der Waals surface area contributed by atoms with Crippen molar-refractivity contribution in [2.45, 2.75) is 52.6 Å². The molecule has 72 valence electrons. The Morgan fingerprint density at radius 2 is 1.67 bits per heavy atom. The highest BCUT2D eigenvalue weighted by Crippen LogP contribution is 2.22. The summed E-state index contributed by atoms with van der Waals surface area (Å²) in [5, 5.41) is 0. The van der Waals surface area contributed by atoms with Crippen LogP contribution in [0.4, 0.5) is 0 Å². The Kier molecular flexibility index (Phi) is 5.14. The minimum atomic E-state index is -0.497. The second kappa shape index (κ2) is 5.31. The Bertz CT molecular complexity index is 137. The predicted molar refractivity (Wildman–Crippen MR) is 50.2 cm³/mol. The van der Waals surface area contributed by atoms with Crippen LogP contribution >= 0.6 is 0 Å². The summed E-state index contributed by atoms with van der Waals surface area (Å²) in [7, 11) is 0. The maximum absolute atomic E-state index is 11.6. The highest BCUT2D eigenvalue weighted by atomic mass is 16.5. The van der Waals surface area contributed by atoms with E-state index < -0.39 is 5.60 Å². The van der Waals surface area contributed by atoms with Gasteiger partial charge >= 0.3 is 0 Å². The fourth-order valence-corrected chi connectivity index (χ4v) is 1.53. The average Bonchev–Trinajstić information content (AvgIpc) is 2.13. The van der Waals surface area contributed by atoms with Gasteiger partial charge in [-0.05, 0) is 19.8 Å². The van der Waals surface area contributed by atoms with Gasteiger partial charge in [0.25, 0.3) is 0 Å². The second-order valence-electron chi connectivity index (χ2n) is 2.91. The molecule has 0 aliphatic rings. The lowest BCUT2D eigenvalue weighted by Crippen LogP contribution is -2.40. The molecular formula is C10H20O2.